The summed E-state index contributed by atoms with van der Waals surface area (Å²) in [5.74, 6) is 0.389. The van der Waals surface area contributed by atoms with Crippen LogP contribution in [0.3, 0.4) is 0 Å². The molecule has 0 saturated carbocycles. The third-order valence-electron chi connectivity index (χ3n) is 3.13. The Bertz CT molecular complexity index is 391. The summed E-state index contributed by atoms with van der Waals surface area (Å²) in [5.41, 5.74) is 0.251. The fraction of sp³-hybridized carbons (Fsp3) is 0.583. The molecule has 5 nitrogen and oxygen atoms in total. The number of ether oxygens (including phenoxy) is 1. The van der Waals surface area contributed by atoms with Crippen LogP contribution in [0.15, 0.2) is 12.4 Å². The highest BCUT2D eigenvalue weighted by atomic mass is 16.5. The normalized spacial score (nSPS) is 20.1. The summed E-state index contributed by atoms with van der Waals surface area (Å²) >= 11 is 0. The molecule has 1 aromatic rings. The number of carbonyl (C=O) groups excluding carboxylic acids is 1. The van der Waals surface area contributed by atoms with Crippen molar-refractivity contribution in [1.82, 2.24) is 9.97 Å². The minimum absolute atomic E-state index is 0.251. The third kappa shape index (κ3) is 2.54. The van der Waals surface area contributed by atoms with E-state index in [1.165, 1.54) is 32.6 Å². The van der Waals surface area contributed by atoms with Gasteiger partial charge >= 0.3 is 5.97 Å². The number of rotatable bonds is 2. The molecule has 0 aliphatic carbocycles. The van der Waals surface area contributed by atoms with Crippen molar-refractivity contribution in [3.8, 4) is 0 Å². The van der Waals surface area contributed by atoms with Gasteiger partial charge in [-0.3, -0.25) is 0 Å². The van der Waals surface area contributed by atoms with Crippen LogP contribution in [0.1, 0.15) is 36.7 Å². The van der Waals surface area contributed by atoms with Crippen molar-refractivity contribution < 1.29 is 9.53 Å². The zero-order valence-electron chi connectivity index (χ0n) is 10.2. The van der Waals surface area contributed by atoms with Gasteiger partial charge in [0.2, 0.25) is 0 Å². The van der Waals surface area contributed by atoms with E-state index in [9.17, 15) is 4.79 Å². The van der Waals surface area contributed by atoms with E-state index < -0.39 is 5.97 Å². The molecule has 1 aromatic heterocycles. The summed E-state index contributed by atoms with van der Waals surface area (Å²) in [4.78, 5) is 21.8. The van der Waals surface area contributed by atoms with Gasteiger partial charge in [-0.25, -0.2) is 14.8 Å². The fourth-order valence-corrected chi connectivity index (χ4v) is 2.12. The smallest absolute Gasteiger partial charge is 0.358 e. The Morgan fingerprint density at radius 2 is 2.24 bits per heavy atom. The van der Waals surface area contributed by atoms with Gasteiger partial charge in [0.25, 0.3) is 0 Å². The molecule has 5 heteroatoms. The molecule has 17 heavy (non-hydrogen) atoms. The van der Waals surface area contributed by atoms with Gasteiger partial charge in [0, 0.05) is 12.6 Å². The zero-order valence-corrected chi connectivity index (χ0v) is 10.2. The number of methoxy groups -OCH3 is 1. The lowest BCUT2D eigenvalue weighted by atomic mass is 10.0. The first-order valence-corrected chi connectivity index (χ1v) is 5.89. The molecular weight excluding hydrogens is 218 g/mol. The minimum Gasteiger partial charge on any atom is -0.464 e. The van der Waals surface area contributed by atoms with E-state index in [0.717, 1.165) is 12.4 Å². The quantitative estimate of drug-likeness (QED) is 0.729. The van der Waals surface area contributed by atoms with Crippen LogP contribution in [0.4, 0.5) is 5.82 Å². The Labute approximate surface area is 101 Å². The second-order valence-electron chi connectivity index (χ2n) is 4.29. The van der Waals surface area contributed by atoms with E-state index >= 15 is 0 Å². The van der Waals surface area contributed by atoms with Crippen molar-refractivity contribution in [3.63, 3.8) is 0 Å². The van der Waals surface area contributed by atoms with Crippen LogP contribution >= 0.6 is 0 Å². The summed E-state index contributed by atoms with van der Waals surface area (Å²) in [5, 5.41) is 0. The van der Waals surface area contributed by atoms with E-state index in [-0.39, 0.29) is 5.69 Å². The highest BCUT2D eigenvalue weighted by Gasteiger charge is 2.20. The van der Waals surface area contributed by atoms with Gasteiger partial charge in [0.1, 0.15) is 5.82 Å². The Morgan fingerprint density at radius 1 is 1.41 bits per heavy atom. The van der Waals surface area contributed by atoms with Crippen molar-refractivity contribution in [1.29, 1.82) is 0 Å². The van der Waals surface area contributed by atoms with Crippen molar-refractivity contribution >= 4 is 11.8 Å². The van der Waals surface area contributed by atoms with Crippen molar-refractivity contribution in [2.75, 3.05) is 18.6 Å². The summed E-state index contributed by atoms with van der Waals surface area (Å²) in [7, 11) is 1.34. The molecule has 1 unspecified atom stereocenters. The molecule has 1 fully saturated rings. The van der Waals surface area contributed by atoms with Gasteiger partial charge in [-0.1, -0.05) is 0 Å². The molecule has 0 bridgehead atoms. The van der Waals surface area contributed by atoms with Crippen LogP contribution in [-0.4, -0.2) is 35.6 Å². The third-order valence-corrected chi connectivity index (χ3v) is 3.13. The lowest BCUT2D eigenvalue weighted by Gasteiger charge is -2.34. The maximum atomic E-state index is 11.2. The summed E-state index contributed by atoms with van der Waals surface area (Å²) in [6, 6.07) is 0.488. The van der Waals surface area contributed by atoms with Crippen LogP contribution in [-0.2, 0) is 4.74 Å². The molecule has 0 amide bonds. The largest absolute Gasteiger partial charge is 0.464 e. The van der Waals surface area contributed by atoms with Crippen LogP contribution in [0, 0.1) is 0 Å². The number of hydrogen-bond acceptors (Lipinski definition) is 5. The molecule has 0 spiro atoms. The van der Waals surface area contributed by atoms with E-state index in [4.69, 9.17) is 0 Å². The SMILES string of the molecule is COC(=O)c1cnc(N2CCCCC2C)cn1. The van der Waals surface area contributed by atoms with Gasteiger partial charge in [0.15, 0.2) is 5.69 Å². The molecule has 1 atom stereocenters. The summed E-state index contributed by atoms with van der Waals surface area (Å²) in [6.07, 6.45) is 6.76. The Hall–Kier alpha value is -1.65. The Kier molecular flexibility index (Phi) is 3.56. The van der Waals surface area contributed by atoms with Crippen LogP contribution in [0.2, 0.25) is 0 Å². The molecule has 0 radical (unpaired) electrons. The molecule has 92 valence electrons. The molecule has 0 aromatic carbocycles. The van der Waals surface area contributed by atoms with Gasteiger partial charge in [-0.2, -0.15) is 0 Å². The number of carbonyl (C=O) groups is 1. The average molecular weight is 235 g/mol. The first-order chi connectivity index (χ1) is 8.22. The lowest BCUT2D eigenvalue weighted by molar-refractivity contribution is 0.0593. The van der Waals surface area contributed by atoms with Crippen molar-refractivity contribution in [2.45, 2.75) is 32.2 Å². The number of anilines is 1. The molecule has 1 aliphatic rings. The number of piperidine rings is 1. The summed E-state index contributed by atoms with van der Waals surface area (Å²) < 4.78 is 4.59. The van der Waals surface area contributed by atoms with E-state index in [2.05, 4.69) is 26.5 Å². The second kappa shape index (κ2) is 5.12. The van der Waals surface area contributed by atoms with Gasteiger partial charge in [-0.05, 0) is 26.2 Å². The number of aromatic nitrogens is 2. The standard InChI is InChI=1S/C12H17N3O2/c1-9-5-3-4-6-15(9)11-8-13-10(7-14-11)12(16)17-2/h7-9H,3-6H2,1-2H3. The highest BCUT2D eigenvalue weighted by Crippen LogP contribution is 2.21. The first-order valence-electron chi connectivity index (χ1n) is 5.89. The number of hydrogen-bond donors (Lipinski definition) is 0. The number of esters is 1. The monoisotopic (exact) mass is 235 g/mol. The van der Waals surface area contributed by atoms with Crippen LogP contribution in [0.5, 0.6) is 0 Å². The first kappa shape index (κ1) is 11.8. The van der Waals surface area contributed by atoms with Crippen molar-refractivity contribution in [2.24, 2.45) is 0 Å². The predicted molar refractivity (Wildman–Crippen MR) is 64.0 cm³/mol. The van der Waals surface area contributed by atoms with E-state index in [1.807, 2.05) is 0 Å². The molecule has 2 rings (SSSR count). The minimum atomic E-state index is -0.448. The molecule has 1 saturated heterocycles. The van der Waals surface area contributed by atoms with Crippen LogP contribution in [0.25, 0.3) is 0 Å². The second-order valence-corrected chi connectivity index (χ2v) is 4.29. The molecule has 1 aliphatic heterocycles. The topological polar surface area (TPSA) is 55.3 Å². The lowest BCUT2D eigenvalue weighted by Crippen LogP contribution is -2.38. The zero-order chi connectivity index (χ0) is 12.3. The number of nitrogens with zero attached hydrogens (tertiary/aromatic N) is 3. The van der Waals surface area contributed by atoms with Gasteiger partial charge in [0.05, 0.1) is 19.5 Å². The molecular formula is C12H17N3O2. The highest BCUT2D eigenvalue weighted by molar-refractivity contribution is 5.86. The van der Waals surface area contributed by atoms with Gasteiger partial charge in [-0.15, -0.1) is 0 Å². The Balaban J connectivity index is 2.14. The predicted octanol–water partition coefficient (Wildman–Crippen LogP) is 1.64. The van der Waals surface area contributed by atoms with Gasteiger partial charge < -0.3 is 9.64 Å². The van der Waals surface area contributed by atoms with E-state index in [1.54, 1.807) is 6.20 Å². The average Bonchev–Trinajstić information content (AvgIpc) is 2.39. The summed E-state index contributed by atoms with van der Waals surface area (Å²) in [6.45, 7) is 3.20. The maximum absolute atomic E-state index is 11.2. The van der Waals surface area contributed by atoms with Crippen molar-refractivity contribution in [3.05, 3.63) is 18.1 Å². The maximum Gasteiger partial charge on any atom is 0.358 e. The Morgan fingerprint density at radius 3 is 2.82 bits per heavy atom. The molecule has 0 N–H and O–H groups in total. The fourth-order valence-electron chi connectivity index (χ4n) is 2.12. The molecule has 2 heterocycles. The van der Waals surface area contributed by atoms with E-state index in [0.29, 0.717) is 6.04 Å². The van der Waals surface area contributed by atoms with Crippen LogP contribution < -0.4 is 4.90 Å².